The van der Waals surface area contributed by atoms with Crippen LogP contribution >= 0.6 is 23.4 Å². The number of thioether (sulfide) groups is 1. The van der Waals surface area contributed by atoms with Gasteiger partial charge in [0.25, 0.3) is 5.91 Å². The van der Waals surface area contributed by atoms with Gasteiger partial charge in [-0.3, -0.25) is 9.69 Å². The molecule has 1 aliphatic heterocycles. The molecular formula is C18H12ClN2O4S-. The first kappa shape index (κ1) is 18.0. The van der Waals surface area contributed by atoms with Crippen molar-refractivity contribution in [3.05, 3.63) is 63.5 Å². The predicted octanol–water partition coefficient (Wildman–Crippen LogP) is 3.35. The number of hydrogen-bond acceptors (Lipinski definition) is 5. The number of rotatable bonds is 3. The number of nitrogens with zero attached hydrogens (tertiary/aromatic N) is 2. The summed E-state index contributed by atoms with van der Waals surface area (Å²) in [6, 6.07) is 10.6. The van der Waals surface area contributed by atoms with E-state index in [-0.39, 0.29) is 22.2 Å². The molecule has 1 amide bonds. The van der Waals surface area contributed by atoms with Crippen LogP contribution in [-0.2, 0) is 4.79 Å². The molecule has 0 unspecified atom stereocenters. The Bertz CT molecular complexity index is 971. The van der Waals surface area contributed by atoms with E-state index in [0.717, 1.165) is 11.8 Å². The molecule has 132 valence electrons. The van der Waals surface area contributed by atoms with Crippen LogP contribution in [0.1, 0.15) is 15.9 Å². The maximum atomic E-state index is 12.4. The summed E-state index contributed by atoms with van der Waals surface area (Å²) in [6.45, 7) is 0. The molecule has 0 atom stereocenters. The first-order chi connectivity index (χ1) is 12.3. The first-order valence-corrected chi connectivity index (χ1v) is 8.61. The number of amides is 1. The zero-order chi connectivity index (χ0) is 18.8. The number of amidine groups is 1. The molecule has 2 aromatic rings. The Hall–Kier alpha value is -2.77. The molecule has 0 aromatic heterocycles. The van der Waals surface area contributed by atoms with E-state index in [0.29, 0.717) is 21.3 Å². The Morgan fingerprint density at radius 1 is 1.31 bits per heavy atom. The highest BCUT2D eigenvalue weighted by Gasteiger charge is 2.30. The average Bonchev–Trinajstić information content (AvgIpc) is 2.86. The van der Waals surface area contributed by atoms with Crippen molar-refractivity contribution in [3.8, 4) is 5.75 Å². The maximum absolute atomic E-state index is 12.4. The standard InChI is InChI=1S/C18H13ClN2O4S/c1-21-16(23)15(8-10-5-6-14(22)13(19)7-10)26-18(21)20-12-4-2-3-11(9-12)17(24)25/h2-9,22H,1H3,(H,24,25)/p-1/b15-8-,20-18?. The van der Waals surface area contributed by atoms with E-state index in [1.165, 1.54) is 29.2 Å². The van der Waals surface area contributed by atoms with Gasteiger partial charge in [-0.25, -0.2) is 9.79 Å². The maximum Gasteiger partial charge on any atom is 0.335 e. The van der Waals surface area contributed by atoms with Gasteiger partial charge in [0.05, 0.1) is 16.2 Å². The molecule has 2 aromatic carbocycles. The molecule has 3 rings (SSSR count). The lowest BCUT2D eigenvalue weighted by Gasteiger charge is -2.08. The lowest BCUT2D eigenvalue weighted by molar-refractivity contribution is -0.268. The number of carboxylic acids is 1. The van der Waals surface area contributed by atoms with E-state index < -0.39 is 5.97 Å². The normalized spacial score (nSPS) is 17.3. The molecule has 8 heteroatoms. The smallest absolute Gasteiger partial charge is 0.335 e. The molecule has 0 radical (unpaired) electrons. The van der Waals surface area contributed by atoms with Crippen LogP contribution in [0.25, 0.3) is 6.08 Å². The van der Waals surface area contributed by atoms with E-state index in [2.05, 4.69) is 4.99 Å². The Balaban J connectivity index is 1.91. The van der Waals surface area contributed by atoms with Crippen LogP contribution in [0.4, 0.5) is 5.69 Å². The second-order valence-electron chi connectivity index (χ2n) is 5.41. The van der Waals surface area contributed by atoms with Gasteiger partial charge in [0.1, 0.15) is 0 Å². The molecule has 0 saturated carbocycles. The van der Waals surface area contributed by atoms with Gasteiger partial charge in [0, 0.05) is 12.1 Å². The molecule has 0 spiro atoms. The Kier molecular flexibility index (Phi) is 5.01. The molecule has 1 heterocycles. The number of hydrogen-bond donors (Lipinski definition) is 1. The molecule has 0 bridgehead atoms. The van der Waals surface area contributed by atoms with Crippen LogP contribution in [0, 0.1) is 0 Å². The van der Waals surface area contributed by atoms with Gasteiger partial charge in [0.2, 0.25) is 0 Å². The van der Waals surface area contributed by atoms with Crippen molar-refractivity contribution in [3.63, 3.8) is 0 Å². The fourth-order valence-electron chi connectivity index (χ4n) is 2.23. The summed E-state index contributed by atoms with van der Waals surface area (Å²) in [5, 5.41) is 20.9. The zero-order valence-electron chi connectivity index (χ0n) is 13.5. The third kappa shape index (κ3) is 3.74. The lowest BCUT2D eigenvalue weighted by Crippen LogP contribution is -2.23. The number of likely N-dealkylation sites (N-methyl/N-ethyl adjacent to an activating group) is 1. The number of aliphatic imine (C=N–C) groups is 1. The molecular weight excluding hydrogens is 376 g/mol. The van der Waals surface area contributed by atoms with Crippen molar-refractivity contribution in [2.75, 3.05) is 7.05 Å². The molecule has 0 aliphatic carbocycles. The minimum atomic E-state index is -1.05. The predicted molar refractivity (Wildman–Crippen MR) is 99.7 cm³/mol. The summed E-state index contributed by atoms with van der Waals surface area (Å²) in [7, 11) is 1.59. The van der Waals surface area contributed by atoms with Gasteiger partial charge in [-0.2, -0.15) is 0 Å². The molecule has 6 nitrogen and oxygen atoms in total. The van der Waals surface area contributed by atoms with E-state index in [1.54, 1.807) is 31.3 Å². The van der Waals surface area contributed by atoms with E-state index in [1.807, 2.05) is 0 Å². The van der Waals surface area contributed by atoms with Crippen molar-refractivity contribution >= 4 is 52.2 Å². The highest BCUT2D eigenvalue weighted by Crippen LogP contribution is 2.34. The highest BCUT2D eigenvalue weighted by atomic mass is 35.5. The molecule has 1 fully saturated rings. The van der Waals surface area contributed by atoms with Crippen LogP contribution < -0.4 is 5.11 Å². The summed E-state index contributed by atoms with van der Waals surface area (Å²) in [5.41, 5.74) is 1.19. The van der Waals surface area contributed by atoms with Crippen LogP contribution in [-0.4, -0.2) is 34.1 Å². The summed E-state index contributed by atoms with van der Waals surface area (Å²) in [4.78, 5) is 29.6. The van der Waals surface area contributed by atoms with Crippen LogP contribution in [0.15, 0.2) is 52.4 Å². The van der Waals surface area contributed by atoms with E-state index in [4.69, 9.17) is 16.7 Å². The number of aromatic carboxylic acids is 1. The number of carbonyl (C=O) groups is 2. The second kappa shape index (κ2) is 7.23. The molecule has 1 saturated heterocycles. The minimum absolute atomic E-state index is 0.0857. The summed E-state index contributed by atoms with van der Waals surface area (Å²) < 4.78 is 0. The van der Waals surface area contributed by atoms with Crippen molar-refractivity contribution in [1.82, 2.24) is 4.90 Å². The summed E-state index contributed by atoms with van der Waals surface area (Å²) in [5.74, 6) is -1.57. The van der Waals surface area contributed by atoms with E-state index >= 15 is 0 Å². The minimum Gasteiger partial charge on any atom is -0.871 e. The summed E-state index contributed by atoms with van der Waals surface area (Å²) >= 11 is 6.98. The first-order valence-electron chi connectivity index (χ1n) is 7.41. The quantitative estimate of drug-likeness (QED) is 0.815. The van der Waals surface area contributed by atoms with Crippen LogP contribution in [0.5, 0.6) is 5.75 Å². The Morgan fingerprint density at radius 3 is 2.77 bits per heavy atom. The molecule has 1 N–H and O–H groups in total. The second-order valence-corrected chi connectivity index (χ2v) is 6.83. The van der Waals surface area contributed by atoms with Crippen molar-refractivity contribution in [2.24, 2.45) is 4.99 Å². The Labute approximate surface area is 158 Å². The van der Waals surface area contributed by atoms with Crippen molar-refractivity contribution in [2.45, 2.75) is 0 Å². The third-order valence-corrected chi connectivity index (χ3v) is 4.93. The van der Waals surface area contributed by atoms with Crippen molar-refractivity contribution < 1.29 is 19.8 Å². The van der Waals surface area contributed by atoms with Gasteiger partial charge >= 0.3 is 5.97 Å². The average molecular weight is 388 g/mol. The molecule has 26 heavy (non-hydrogen) atoms. The van der Waals surface area contributed by atoms with Gasteiger partial charge in [-0.05, 0) is 47.7 Å². The number of carboxylic acid groups (broad SMARTS) is 1. The summed E-state index contributed by atoms with van der Waals surface area (Å²) in [6.07, 6.45) is 1.63. The van der Waals surface area contributed by atoms with Gasteiger partial charge < -0.3 is 10.2 Å². The van der Waals surface area contributed by atoms with Crippen LogP contribution in [0.3, 0.4) is 0 Å². The number of halogens is 1. The number of carbonyl (C=O) groups excluding carboxylic acids is 1. The largest absolute Gasteiger partial charge is 0.871 e. The fourth-order valence-corrected chi connectivity index (χ4v) is 3.40. The zero-order valence-corrected chi connectivity index (χ0v) is 15.0. The van der Waals surface area contributed by atoms with Gasteiger partial charge in [-0.15, -0.1) is 0 Å². The lowest BCUT2D eigenvalue weighted by atomic mass is 10.2. The third-order valence-electron chi connectivity index (χ3n) is 3.58. The monoisotopic (exact) mass is 387 g/mol. The van der Waals surface area contributed by atoms with Gasteiger partial charge in [0.15, 0.2) is 5.17 Å². The topological polar surface area (TPSA) is 93.0 Å². The number of benzene rings is 2. The van der Waals surface area contributed by atoms with Crippen LogP contribution in [0.2, 0.25) is 5.02 Å². The fraction of sp³-hybridized carbons (Fsp3) is 0.0556. The highest BCUT2D eigenvalue weighted by molar-refractivity contribution is 8.18. The van der Waals surface area contributed by atoms with E-state index in [9.17, 15) is 14.7 Å². The SMILES string of the molecule is CN1C(=O)/C(=C/c2ccc([O-])c(Cl)c2)SC1=Nc1cccc(C(=O)O)c1. The Morgan fingerprint density at radius 2 is 2.08 bits per heavy atom. The van der Waals surface area contributed by atoms with Gasteiger partial charge in [-0.1, -0.05) is 35.5 Å². The van der Waals surface area contributed by atoms with Crippen molar-refractivity contribution in [1.29, 1.82) is 0 Å². The molecule has 1 aliphatic rings.